The van der Waals surface area contributed by atoms with E-state index >= 15 is 0 Å². The Labute approximate surface area is 142 Å². The summed E-state index contributed by atoms with van der Waals surface area (Å²) in [6.07, 6.45) is 0. The molecule has 0 spiro atoms. The van der Waals surface area contributed by atoms with E-state index in [1.807, 2.05) is 17.5 Å². The third kappa shape index (κ3) is 3.52. The summed E-state index contributed by atoms with van der Waals surface area (Å²) in [5.41, 5.74) is 1.78. The van der Waals surface area contributed by atoms with Crippen LogP contribution in [0.4, 0.5) is 4.39 Å². The Bertz CT molecular complexity index is 813. The first-order chi connectivity index (χ1) is 11.7. The minimum atomic E-state index is -0.318. The Balaban J connectivity index is 1.97. The van der Waals surface area contributed by atoms with Crippen LogP contribution in [0.25, 0.3) is 16.3 Å². The van der Waals surface area contributed by atoms with Crippen molar-refractivity contribution in [1.82, 2.24) is 15.1 Å². The molecule has 2 aromatic heterocycles. The summed E-state index contributed by atoms with van der Waals surface area (Å²) < 4.78 is 19.8. The van der Waals surface area contributed by atoms with Gasteiger partial charge in [0, 0.05) is 13.7 Å². The zero-order chi connectivity index (χ0) is 16.9. The van der Waals surface area contributed by atoms with Gasteiger partial charge in [0.25, 0.3) is 5.91 Å². The van der Waals surface area contributed by atoms with Gasteiger partial charge >= 0.3 is 0 Å². The summed E-state index contributed by atoms with van der Waals surface area (Å²) in [5, 5.41) is 9.10. The van der Waals surface area contributed by atoms with Gasteiger partial charge in [0.1, 0.15) is 5.82 Å². The van der Waals surface area contributed by atoms with Crippen LogP contribution in [0, 0.1) is 5.82 Å². The average molecular weight is 345 g/mol. The van der Waals surface area contributed by atoms with Crippen LogP contribution in [-0.4, -0.2) is 35.9 Å². The molecule has 0 radical (unpaired) electrons. The number of nitrogens with zero attached hydrogens (tertiary/aromatic N) is 2. The van der Waals surface area contributed by atoms with Gasteiger partial charge in [-0.3, -0.25) is 4.79 Å². The van der Waals surface area contributed by atoms with Gasteiger partial charge in [-0.25, -0.2) is 9.07 Å². The van der Waals surface area contributed by atoms with E-state index < -0.39 is 0 Å². The predicted octanol–water partition coefficient (Wildman–Crippen LogP) is 3.12. The molecule has 2 heterocycles. The number of halogens is 1. The van der Waals surface area contributed by atoms with E-state index in [4.69, 9.17) is 4.74 Å². The summed E-state index contributed by atoms with van der Waals surface area (Å²) in [7, 11) is 1.57. The number of amides is 1. The number of hydrogen-bond donors (Lipinski definition) is 1. The van der Waals surface area contributed by atoms with Crippen LogP contribution < -0.4 is 5.32 Å². The summed E-state index contributed by atoms with van der Waals surface area (Å²) in [4.78, 5) is 13.2. The van der Waals surface area contributed by atoms with Gasteiger partial charge in [-0.2, -0.15) is 5.10 Å². The quantitative estimate of drug-likeness (QED) is 0.699. The smallest absolute Gasteiger partial charge is 0.271 e. The molecular weight excluding hydrogens is 329 g/mol. The molecule has 0 atom stereocenters. The molecule has 7 heteroatoms. The minimum absolute atomic E-state index is 0.272. The van der Waals surface area contributed by atoms with Crippen molar-refractivity contribution in [3.8, 4) is 16.3 Å². The first kappa shape index (κ1) is 16.4. The molecule has 1 aromatic carbocycles. The molecule has 124 valence electrons. The fourth-order valence-electron chi connectivity index (χ4n) is 2.23. The first-order valence-corrected chi connectivity index (χ1v) is 8.24. The highest BCUT2D eigenvalue weighted by molar-refractivity contribution is 7.13. The van der Waals surface area contributed by atoms with E-state index in [0.29, 0.717) is 24.5 Å². The van der Waals surface area contributed by atoms with Crippen molar-refractivity contribution in [1.29, 1.82) is 0 Å². The van der Waals surface area contributed by atoms with Crippen molar-refractivity contribution in [3.63, 3.8) is 0 Å². The van der Waals surface area contributed by atoms with Crippen molar-refractivity contribution in [2.75, 3.05) is 20.3 Å². The zero-order valence-electron chi connectivity index (χ0n) is 13.0. The van der Waals surface area contributed by atoms with E-state index in [-0.39, 0.29) is 11.7 Å². The van der Waals surface area contributed by atoms with E-state index in [9.17, 15) is 9.18 Å². The Kier molecular flexibility index (Phi) is 5.02. The lowest BCUT2D eigenvalue weighted by Gasteiger charge is -2.05. The second-order valence-electron chi connectivity index (χ2n) is 5.03. The average Bonchev–Trinajstić information content (AvgIpc) is 3.25. The summed E-state index contributed by atoms with van der Waals surface area (Å²) >= 11 is 1.55. The van der Waals surface area contributed by atoms with E-state index in [1.165, 1.54) is 12.1 Å². The molecule has 3 rings (SSSR count). The van der Waals surface area contributed by atoms with Crippen LogP contribution in [0.5, 0.6) is 0 Å². The Hall–Kier alpha value is -2.51. The van der Waals surface area contributed by atoms with Crippen LogP contribution in [0.2, 0.25) is 0 Å². The summed E-state index contributed by atoms with van der Waals surface area (Å²) in [6.45, 7) is 0.843. The Morgan fingerprint density at radius 3 is 2.79 bits per heavy atom. The SMILES string of the molecule is COCCNC(=O)c1cc(-c2cccs2)n(-c2ccc(F)cc2)n1. The van der Waals surface area contributed by atoms with Gasteiger partial charge in [0.05, 0.1) is 22.9 Å². The van der Waals surface area contributed by atoms with Crippen LogP contribution in [0.3, 0.4) is 0 Å². The second kappa shape index (κ2) is 7.37. The fraction of sp³-hybridized carbons (Fsp3) is 0.176. The lowest BCUT2D eigenvalue weighted by molar-refractivity contribution is 0.0931. The summed E-state index contributed by atoms with van der Waals surface area (Å²) in [5.74, 6) is -0.591. The Morgan fingerprint density at radius 1 is 1.33 bits per heavy atom. The molecule has 0 aliphatic heterocycles. The lowest BCUT2D eigenvalue weighted by atomic mass is 10.2. The van der Waals surface area contributed by atoms with E-state index in [0.717, 1.165) is 10.6 Å². The molecule has 1 amide bonds. The van der Waals surface area contributed by atoms with Crippen molar-refractivity contribution >= 4 is 17.2 Å². The van der Waals surface area contributed by atoms with Crippen molar-refractivity contribution in [2.45, 2.75) is 0 Å². The molecule has 0 fully saturated rings. The lowest BCUT2D eigenvalue weighted by Crippen LogP contribution is -2.27. The maximum atomic E-state index is 13.2. The monoisotopic (exact) mass is 345 g/mol. The normalized spacial score (nSPS) is 10.8. The van der Waals surface area contributed by atoms with Crippen LogP contribution in [0.1, 0.15) is 10.5 Å². The largest absolute Gasteiger partial charge is 0.383 e. The number of carbonyl (C=O) groups is 1. The van der Waals surface area contributed by atoms with Gasteiger partial charge in [-0.1, -0.05) is 6.07 Å². The second-order valence-corrected chi connectivity index (χ2v) is 5.98. The van der Waals surface area contributed by atoms with Gasteiger partial charge in [0.2, 0.25) is 0 Å². The molecular formula is C17H16FN3O2S. The highest BCUT2D eigenvalue weighted by atomic mass is 32.1. The van der Waals surface area contributed by atoms with E-state index in [1.54, 1.807) is 41.3 Å². The molecule has 0 saturated heterocycles. The fourth-order valence-corrected chi connectivity index (χ4v) is 2.96. The van der Waals surface area contributed by atoms with Crippen molar-refractivity contribution in [3.05, 3.63) is 59.4 Å². The number of carbonyl (C=O) groups excluding carboxylic acids is 1. The minimum Gasteiger partial charge on any atom is -0.383 e. The highest BCUT2D eigenvalue weighted by Crippen LogP contribution is 2.28. The van der Waals surface area contributed by atoms with Crippen molar-refractivity contribution < 1.29 is 13.9 Å². The standard InChI is InChI=1S/C17H16FN3O2S/c1-23-9-8-19-17(22)14-11-15(16-3-2-10-24-16)21(20-14)13-6-4-12(18)5-7-13/h2-7,10-11H,8-9H2,1H3,(H,19,22). The maximum absolute atomic E-state index is 13.2. The number of hydrogen-bond acceptors (Lipinski definition) is 4. The Morgan fingerprint density at radius 2 is 2.12 bits per heavy atom. The predicted molar refractivity (Wildman–Crippen MR) is 91.0 cm³/mol. The number of aromatic nitrogens is 2. The number of rotatable bonds is 6. The molecule has 0 aliphatic rings. The zero-order valence-corrected chi connectivity index (χ0v) is 13.8. The molecule has 0 aliphatic carbocycles. The van der Waals surface area contributed by atoms with Crippen LogP contribution >= 0.6 is 11.3 Å². The number of nitrogens with one attached hydrogen (secondary N) is 1. The summed E-state index contributed by atoms with van der Waals surface area (Å²) in [6, 6.07) is 11.6. The molecule has 0 unspecified atom stereocenters. The van der Waals surface area contributed by atoms with Gasteiger partial charge in [0.15, 0.2) is 5.69 Å². The van der Waals surface area contributed by atoms with E-state index in [2.05, 4.69) is 10.4 Å². The number of methoxy groups -OCH3 is 1. The van der Waals surface area contributed by atoms with Crippen LogP contribution in [0.15, 0.2) is 47.8 Å². The number of ether oxygens (including phenoxy) is 1. The molecule has 0 saturated carbocycles. The topological polar surface area (TPSA) is 56.1 Å². The molecule has 5 nitrogen and oxygen atoms in total. The third-order valence-electron chi connectivity index (χ3n) is 3.38. The number of benzene rings is 1. The molecule has 3 aromatic rings. The number of thiophene rings is 1. The maximum Gasteiger partial charge on any atom is 0.271 e. The van der Waals surface area contributed by atoms with Gasteiger partial charge in [-0.15, -0.1) is 11.3 Å². The molecule has 0 bridgehead atoms. The first-order valence-electron chi connectivity index (χ1n) is 7.36. The molecule has 24 heavy (non-hydrogen) atoms. The molecule has 1 N–H and O–H groups in total. The third-order valence-corrected chi connectivity index (χ3v) is 4.27. The van der Waals surface area contributed by atoms with Crippen LogP contribution in [-0.2, 0) is 4.74 Å². The van der Waals surface area contributed by atoms with Gasteiger partial charge in [-0.05, 0) is 41.8 Å². The van der Waals surface area contributed by atoms with Crippen molar-refractivity contribution in [2.24, 2.45) is 0 Å². The highest BCUT2D eigenvalue weighted by Gasteiger charge is 2.17. The van der Waals surface area contributed by atoms with Gasteiger partial charge < -0.3 is 10.1 Å².